The number of aliphatic hydroxyl groups excluding tert-OH is 1. The van der Waals surface area contributed by atoms with Gasteiger partial charge < -0.3 is 15.7 Å². The lowest BCUT2D eigenvalue weighted by Crippen LogP contribution is -2.36. The summed E-state index contributed by atoms with van der Waals surface area (Å²) in [6.45, 7) is 5.58. The van der Waals surface area contributed by atoms with Gasteiger partial charge in [-0.05, 0) is 30.5 Å². The highest BCUT2D eigenvalue weighted by molar-refractivity contribution is 5.82. The summed E-state index contributed by atoms with van der Waals surface area (Å²) in [7, 11) is 0. The van der Waals surface area contributed by atoms with Crippen molar-refractivity contribution in [2.45, 2.75) is 45.6 Å². The summed E-state index contributed by atoms with van der Waals surface area (Å²) in [4.78, 5) is 14.1. The van der Waals surface area contributed by atoms with Crippen LogP contribution in [0.4, 0.5) is 5.69 Å². The second-order valence-electron chi connectivity index (χ2n) is 5.10. The number of rotatable bonds is 8. The van der Waals surface area contributed by atoms with Gasteiger partial charge in [0.25, 0.3) is 5.91 Å². The zero-order valence-electron chi connectivity index (χ0n) is 12.5. The Morgan fingerprint density at radius 2 is 1.80 bits per heavy atom. The van der Waals surface area contributed by atoms with E-state index in [1.807, 2.05) is 6.92 Å². The first-order valence-electron chi connectivity index (χ1n) is 7.42. The Balaban J connectivity index is 2.69. The second kappa shape index (κ2) is 8.59. The highest BCUT2D eigenvalue weighted by Crippen LogP contribution is 2.18. The fourth-order valence-corrected chi connectivity index (χ4v) is 2.15. The molecule has 20 heavy (non-hydrogen) atoms. The number of aliphatic hydroxyl groups is 1. The number of nitrogen functional groups attached to an aromatic ring is 1. The summed E-state index contributed by atoms with van der Waals surface area (Å²) in [5, 5.41) is 10.2. The molecule has 0 aliphatic rings. The smallest absolute Gasteiger partial charge is 0.256 e. The highest BCUT2D eigenvalue weighted by Gasteiger charge is 2.22. The third-order valence-corrected chi connectivity index (χ3v) is 3.32. The normalized spacial score (nSPS) is 12.2. The number of hydrogen-bond acceptors (Lipinski definition) is 3. The molecule has 1 aromatic rings. The third-order valence-electron chi connectivity index (χ3n) is 3.32. The highest BCUT2D eigenvalue weighted by atomic mass is 16.3. The molecule has 1 atom stereocenters. The van der Waals surface area contributed by atoms with Crippen molar-refractivity contribution in [3.05, 3.63) is 29.8 Å². The number of benzene rings is 1. The Bertz CT molecular complexity index is 403. The monoisotopic (exact) mass is 278 g/mol. The minimum absolute atomic E-state index is 0.215. The lowest BCUT2D eigenvalue weighted by molar-refractivity contribution is -0.140. The van der Waals surface area contributed by atoms with E-state index in [1.54, 1.807) is 29.2 Å². The van der Waals surface area contributed by atoms with Crippen molar-refractivity contribution in [3.63, 3.8) is 0 Å². The van der Waals surface area contributed by atoms with Crippen LogP contribution in [0.3, 0.4) is 0 Å². The largest absolute Gasteiger partial charge is 0.399 e. The molecule has 0 heterocycles. The topological polar surface area (TPSA) is 66.6 Å². The fourth-order valence-electron chi connectivity index (χ4n) is 2.15. The van der Waals surface area contributed by atoms with Gasteiger partial charge in [-0.15, -0.1) is 0 Å². The van der Waals surface area contributed by atoms with Crippen LogP contribution >= 0.6 is 0 Å². The summed E-state index contributed by atoms with van der Waals surface area (Å²) in [6, 6.07) is 6.81. The first-order chi connectivity index (χ1) is 9.60. The van der Waals surface area contributed by atoms with Gasteiger partial charge in [-0.3, -0.25) is 4.79 Å². The summed E-state index contributed by atoms with van der Waals surface area (Å²) in [5.41, 5.74) is 6.84. The van der Waals surface area contributed by atoms with Gasteiger partial charge in [-0.25, -0.2) is 0 Å². The van der Waals surface area contributed by atoms with E-state index in [0.717, 1.165) is 25.7 Å². The molecule has 1 rings (SSSR count). The molecule has 3 N–H and O–H groups in total. The zero-order chi connectivity index (χ0) is 15.0. The number of nitrogens with zero attached hydrogens (tertiary/aromatic N) is 1. The molecule has 0 spiro atoms. The van der Waals surface area contributed by atoms with Crippen molar-refractivity contribution in [1.82, 2.24) is 4.90 Å². The molecule has 1 unspecified atom stereocenters. The third kappa shape index (κ3) is 4.85. The minimum atomic E-state index is -1.09. The molecule has 0 radical (unpaired) electrons. The molecule has 0 saturated heterocycles. The van der Waals surface area contributed by atoms with Crippen LogP contribution in [-0.4, -0.2) is 29.0 Å². The maximum atomic E-state index is 12.4. The Hall–Kier alpha value is -1.55. The molecule has 112 valence electrons. The SMILES string of the molecule is CCCCCN(CCC)C(=O)C(O)c1ccc(N)cc1. The summed E-state index contributed by atoms with van der Waals surface area (Å²) >= 11 is 0. The standard InChI is InChI=1S/C16H26N2O2/c1-3-5-6-12-18(11-4-2)16(20)15(19)13-7-9-14(17)10-8-13/h7-10,15,19H,3-6,11-12,17H2,1-2H3. The van der Waals surface area contributed by atoms with Crippen LogP contribution in [0.2, 0.25) is 0 Å². The van der Waals surface area contributed by atoms with Crippen LogP contribution in [0.15, 0.2) is 24.3 Å². The number of carbonyl (C=O) groups excluding carboxylic acids is 1. The molecular weight excluding hydrogens is 252 g/mol. The van der Waals surface area contributed by atoms with E-state index in [2.05, 4.69) is 6.92 Å². The van der Waals surface area contributed by atoms with Crippen molar-refractivity contribution in [3.8, 4) is 0 Å². The summed E-state index contributed by atoms with van der Waals surface area (Å²) in [6.07, 6.45) is 3.01. The molecular formula is C16H26N2O2. The van der Waals surface area contributed by atoms with E-state index in [-0.39, 0.29) is 5.91 Å². The van der Waals surface area contributed by atoms with E-state index in [4.69, 9.17) is 5.73 Å². The minimum Gasteiger partial charge on any atom is -0.399 e. The van der Waals surface area contributed by atoms with Crippen LogP contribution in [-0.2, 0) is 4.79 Å². The molecule has 0 fully saturated rings. The predicted octanol–water partition coefficient (Wildman–Crippen LogP) is 2.73. The lowest BCUT2D eigenvalue weighted by atomic mass is 10.1. The first-order valence-corrected chi connectivity index (χ1v) is 7.42. The van der Waals surface area contributed by atoms with Crippen LogP contribution in [0.1, 0.15) is 51.2 Å². The molecule has 0 bridgehead atoms. The van der Waals surface area contributed by atoms with Crippen molar-refractivity contribution >= 4 is 11.6 Å². The second-order valence-corrected chi connectivity index (χ2v) is 5.10. The zero-order valence-corrected chi connectivity index (χ0v) is 12.5. The molecule has 0 aliphatic heterocycles. The quantitative estimate of drug-likeness (QED) is 0.567. The molecule has 0 saturated carbocycles. The van der Waals surface area contributed by atoms with Gasteiger partial charge in [-0.2, -0.15) is 0 Å². The molecule has 0 aliphatic carbocycles. The summed E-state index contributed by atoms with van der Waals surface area (Å²) < 4.78 is 0. The Morgan fingerprint density at radius 1 is 1.15 bits per heavy atom. The molecule has 1 amide bonds. The average molecular weight is 278 g/mol. The van der Waals surface area contributed by atoms with Gasteiger partial charge in [0, 0.05) is 18.8 Å². The van der Waals surface area contributed by atoms with Crippen LogP contribution in [0, 0.1) is 0 Å². The predicted molar refractivity (Wildman–Crippen MR) is 82.2 cm³/mol. The maximum absolute atomic E-state index is 12.4. The summed E-state index contributed by atoms with van der Waals surface area (Å²) in [5.74, 6) is -0.215. The number of amides is 1. The first kappa shape index (κ1) is 16.5. The van der Waals surface area contributed by atoms with Gasteiger partial charge in [0.05, 0.1) is 0 Å². The van der Waals surface area contributed by atoms with Crippen LogP contribution in [0.5, 0.6) is 0 Å². The van der Waals surface area contributed by atoms with Crippen molar-refractivity contribution < 1.29 is 9.90 Å². The molecule has 4 nitrogen and oxygen atoms in total. The van der Waals surface area contributed by atoms with Crippen molar-refractivity contribution in [2.75, 3.05) is 18.8 Å². The number of nitrogens with two attached hydrogens (primary N) is 1. The van der Waals surface area contributed by atoms with Crippen LogP contribution < -0.4 is 5.73 Å². The molecule has 1 aromatic carbocycles. The van der Waals surface area contributed by atoms with Gasteiger partial charge in [0.15, 0.2) is 6.10 Å². The molecule has 4 heteroatoms. The molecule has 0 aromatic heterocycles. The van der Waals surface area contributed by atoms with E-state index < -0.39 is 6.10 Å². The van der Waals surface area contributed by atoms with Gasteiger partial charge >= 0.3 is 0 Å². The van der Waals surface area contributed by atoms with Crippen LogP contribution in [0.25, 0.3) is 0 Å². The number of unbranched alkanes of at least 4 members (excludes halogenated alkanes) is 2. The van der Waals surface area contributed by atoms with Crippen molar-refractivity contribution in [2.24, 2.45) is 0 Å². The Labute approximate surface area is 121 Å². The van der Waals surface area contributed by atoms with E-state index in [1.165, 1.54) is 0 Å². The lowest BCUT2D eigenvalue weighted by Gasteiger charge is -2.25. The van der Waals surface area contributed by atoms with Gasteiger partial charge in [0.2, 0.25) is 0 Å². The number of hydrogen-bond donors (Lipinski definition) is 2. The van der Waals surface area contributed by atoms with Gasteiger partial charge in [0.1, 0.15) is 0 Å². The Morgan fingerprint density at radius 3 is 2.35 bits per heavy atom. The number of anilines is 1. The van der Waals surface area contributed by atoms with E-state index in [9.17, 15) is 9.90 Å². The van der Waals surface area contributed by atoms with E-state index >= 15 is 0 Å². The number of carbonyl (C=O) groups is 1. The Kier molecular flexibility index (Phi) is 7.09. The average Bonchev–Trinajstić information content (AvgIpc) is 2.46. The fraction of sp³-hybridized carbons (Fsp3) is 0.562. The maximum Gasteiger partial charge on any atom is 0.256 e. The van der Waals surface area contributed by atoms with Gasteiger partial charge in [-0.1, -0.05) is 38.8 Å². The van der Waals surface area contributed by atoms with E-state index in [0.29, 0.717) is 24.3 Å². The van der Waals surface area contributed by atoms with Crippen molar-refractivity contribution in [1.29, 1.82) is 0 Å².